The van der Waals surface area contributed by atoms with E-state index >= 15 is 0 Å². The second kappa shape index (κ2) is 5.70. The van der Waals surface area contributed by atoms with Crippen molar-refractivity contribution in [2.45, 2.75) is 12.8 Å². The van der Waals surface area contributed by atoms with Gasteiger partial charge in [0.15, 0.2) is 0 Å². The van der Waals surface area contributed by atoms with Crippen LogP contribution in [0.25, 0.3) is 0 Å². The summed E-state index contributed by atoms with van der Waals surface area (Å²) in [5.74, 6) is 0. The predicted octanol–water partition coefficient (Wildman–Crippen LogP) is 2.95. The van der Waals surface area contributed by atoms with Gasteiger partial charge in [-0.05, 0) is 17.7 Å². The van der Waals surface area contributed by atoms with E-state index in [9.17, 15) is 0 Å². The zero-order chi connectivity index (χ0) is 7.11. The number of allylic oxidation sites excluding steroid dienone is 4. The standard InChI is InChI=1S/C8H12S/c1-3-5-7-8(9)6-4-2/h3-4,7,9H,1-2,5-6H2. The summed E-state index contributed by atoms with van der Waals surface area (Å²) in [7, 11) is 0. The van der Waals surface area contributed by atoms with Gasteiger partial charge in [-0.2, -0.15) is 0 Å². The minimum atomic E-state index is 0.858. The van der Waals surface area contributed by atoms with Gasteiger partial charge in [0.2, 0.25) is 0 Å². The number of hydrogen-bond donors (Lipinski definition) is 1. The van der Waals surface area contributed by atoms with Crippen LogP contribution in [0, 0.1) is 0 Å². The molecule has 1 heteroatoms. The van der Waals surface area contributed by atoms with Crippen molar-refractivity contribution in [3.8, 4) is 0 Å². The number of thiol groups is 1. The average Bonchev–Trinajstić information content (AvgIpc) is 1.85. The van der Waals surface area contributed by atoms with Crippen LogP contribution in [0.1, 0.15) is 12.8 Å². The highest BCUT2D eigenvalue weighted by molar-refractivity contribution is 7.84. The van der Waals surface area contributed by atoms with Crippen LogP contribution in [0.2, 0.25) is 0 Å². The first kappa shape index (κ1) is 8.57. The van der Waals surface area contributed by atoms with Crippen LogP contribution in [0.3, 0.4) is 0 Å². The molecule has 0 unspecified atom stereocenters. The van der Waals surface area contributed by atoms with Gasteiger partial charge < -0.3 is 0 Å². The van der Waals surface area contributed by atoms with E-state index in [-0.39, 0.29) is 0 Å². The molecule has 0 N–H and O–H groups in total. The molecular weight excluding hydrogens is 128 g/mol. The van der Waals surface area contributed by atoms with Crippen LogP contribution in [0.5, 0.6) is 0 Å². The second-order valence-corrected chi connectivity index (χ2v) is 2.29. The molecule has 0 fully saturated rings. The van der Waals surface area contributed by atoms with Gasteiger partial charge in [-0.25, -0.2) is 0 Å². The Hall–Kier alpha value is -0.430. The van der Waals surface area contributed by atoms with Crippen molar-refractivity contribution in [1.29, 1.82) is 0 Å². The molecule has 0 amide bonds. The summed E-state index contributed by atoms with van der Waals surface area (Å²) < 4.78 is 0. The number of rotatable bonds is 4. The smallest absolute Gasteiger partial charge is 0.00456 e. The highest BCUT2D eigenvalue weighted by Crippen LogP contribution is 2.07. The summed E-state index contributed by atoms with van der Waals surface area (Å²) in [6, 6.07) is 0. The topological polar surface area (TPSA) is 0 Å². The molecular formula is C8H12S. The minimum absolute atomic E-state index is 0.858. The van der Waals surface area contributed by atoms with E-state index in [1.807, 2.05) is 18.2 Å². The molecule has 0 saturated heterocycles. The molecule has 0 atom stereocenters. The lowest BCUT2D eigenvalue weighted by Gasteiger charge is -1.89. The van der Waals surface area contributed by atoms with E-state index in [1.54, 1.807) is 0 Å². The van der Waals surface area contributed by atoms with Crippen molar-refractivity contribution in [3.05, 3.63) is 36.3 Å². The van der Waals surface area contributed by atoms with Gasteiger partial charge >= 0.3 is 0 Å². The highest BCUT2D eigenvalue weighted by Gasteiger charge is 1.81. The van der Waals surface area contributed by atoms with Gasteiger partial charge in [0, 0.05) is 0 Å². The van der Waals surface area contributed by atoms with E-state index < -0.39 is 0 Å². The maximum Gasteiger partial charge on any atom is -0.00456 e. The summed E-state index contributed by atoms with van der Waals surface area (Å²) in [4.78, 5) is 1.06. The fourth-order valence-corrected chi connectivity index (χ4v) is 0.685. The van der Waals surface area contributed by atoms with Crippen molar-refractivity contribution in [2.24, 2.45) is 0 Å². The van der Waals surface area contributed by atoms with Crippen LogP contribution in [0.15, 0.2) is 36.3 Å². The van der Waals surface area contributed by atoms with Crippen molar-refractivity contribution >= 4 is 12.6 Å². The summed E-state index contributed by atoms with van der Waals surface area (Å²) in [6.45, 7) is 7.18. The summed E-state index contributed by atoms with van der Waals surface area (Å²) in [5, 5.41) is 0. The van der Waals surface area contributed by atoms with Crippen LogP contribution < -0.4 is 0 Å². The van der Waals surface area contributed by atoms with Crippen molar-refractivity contribution in [2.75, 3.05) is 0 Å². The van der Waals surface area contributed by atoms with Gasteiger partial charge in [-0.15, -0.1) is 25.8 Å². The molecule has 0 saturated carbocycles. The first-order valence-electron chi connectivity index (χ1n) is 2.91. The summed E-state index contributed by atoms with van der Waals surface area (Å²) in [6.07, 6.45) is 7.46. The number of hydrogen-bond acceptors (Lipinski definition) is 1. The van der Waals surface area contributed by atoms with Gasteiger partial charge in [-0.1, -0.05) is 18.2 Å². The summed E-state index contributed by atoms with van der Waals surface area (Å²) in [5.41, 5.74) is 0. The molecule has 0 aromatic carbocycles. The zero-order valence-corrected chi connectivity index (χ0v) is 6.40. The second-order valence-electron chi connectivity index (χ2n) is 1.71. The van der Waals surface area contributed by atoms with Gasteiger partial charge in [0.05, 0.1) is 0 Å². The van der Waals surface area contributed by atoms with Crippen molar-refractivity contribution < 1.29 is 0 Å². The summed E-state index contributed by atoms with van der Waals surface area (Å²) >= 11 is 4.19. The minimum Gasteiger partial charge on any atom is -0.148 e. The van der Waals surface area contributed by atoms with E-state index in [2.05, 4.69) is 25.8 Å². The molecule has 50 valence electrons. The third kappa shape index (κ3) is 5.44. The lowest BCUT2D eigenvalue weighted by molar-refractivity contribution is 1.30. The fourth-order valence-electron chi connectivity index (χ4n) is 0.451. The average molecular weight is 140 g/mol. The van der Waals surface area contributed by atoms with Crippen molar-refractivity contribution in [3.63, 3.8) is 0 Å². The van der Waals surface area contributed by atoms with Crippen LogP contribution in [-0.4, -0.2) is 0 Å². The Morgan fingerprint density at radius 3 is 2.44 bits per heavy atom. The Labute approximate surface area is 62.4 Å². The Balaban J connectivity index is 3.53. The fraction of sp³-hybridized carbons (Fsp3) is 0.250. The molecule has 0 aliphatic carbocycles. The molecule has 9 heavy (non-hydrogen) atoms. The van der Waals surface area contributed by atoms with Crippen LogP contribution in [-0.2, 0) is 0 Å². The third-order valence-electron chi connectivity index (χ3n) is 0.874. The molecule has 0 aliphatic rings. The quantitative estimate of drug-likeness (QED) is 0.450. The van der Waals surface area contributed by atoms with Crippen molar-refractivity contribution in [1.82, 2.24) is 0 Å². The molecule has 0 heterocycles. The molecule has 0 rings (SSSR count). The van der Waals surface area contributed by atoms with E-state index in [1.165, 1.54) is 0 Å². The normalized spacial score (nSPS) is 11.0. The van der Waals surface area contributed by atoms with Crippen LogP contribution in [0.4, 0.5) is 0 Å². The van der Waals surface area contributed by atoms with E-state index in [4.69, 9.17) is 0 Å². The van der Waals surface area contributed by atoms with E-state index in [0.717, 1.165) is 17.7 Å². The molecule has 0 radical (unpaired) electrons. The highest BCUT2D eigenvalue weighted by atomic mass is 32.1. The Kier molecular flexibility index (Phi) is 5.43. The van der Waals surface area contributed by atoms with Gasteiger partial charge in [0.25, 0.3) is 0 Å². The first-order valence-corrected chi connectivity index (χ1v) is 3.35. The molecule has 0 nitrogen and oxygen atoms in total. The predicted molar refractivity (Wildman–Crippen MR) is 46.7 cm³/mol. The Bertz CT molecular complexity index is 123. The maximum absolute atomic E-state index is 4.19. The Morgan fingerprint density at radius 2 is 2.00 bits per heavy atom. The lowest BCUT2D eigenvalue weighted by Crippen LogP contribution is -1.66. The molecule has 0 aliphatic heterocycles. The van der Waals surface area contributed by atoms with Gasteiger partial charge in [0.1, 0.15) is 0 Å². The zero-order valence-electron chi connectivity index (χ0n) is 5.51. The largest absolute Gasteiger partial charge is 0.148 e. The van der Waals surface area contributed by atoms with E-state index in [0.29, 0.717) is 0 Å². The molecule has 0 aromatic rings. The maximum atomic E-state index is 4.19. The lowest BCUT2D eigenvalue weighted by atomic mass is 10.3. The van der Waals surface area contributed by atoms with Gasteiger partial charge in [-0.3, -0.25) is 0 Å². The Morgan fingerprint density at radius 1 is 1.33 bits per heavy atom. The third-order valence-corrected chi connectivity index (χ3v) is 1.24. The molecule has 0 aromatic heterocycles. The SMILES string of the molecule is C=CCC=C(S)CC=C. The monoisotopic (exact) mass is 140 g/mol. The molecule has 0 spiro atoms. The molecule has 0 bridgehead atoms. The van der Waals surface area contributed by atoms with Crippen LogP contribution >= 0.6 is 12.6 Å². The first-order chi connectivity index (χ1) is 4.31.